The third-order valence-electron chi connectivity index (χ3n) is 3.01. The third kappa shape index (κ3) is 4.53. The molecule has 114 valence electrons. The summed E-state index contributed by atoms with van der Waals surface area (Å²) in [6.45, 7) is 1.98. The fourth-order valence-corrected chi connectivity index (χ4v) is 1.97. The standard InChI is InChI=1S/C15H16F3NO2/c1-2-11-7-8-14(20-11)13(19)9-10-3-5-12(6-4-10)21-15(16,17)18/h3-8,13H,2,9,19H2,1H3. The molecule has 0 spiro atoms. The summed E-state index contributed by atoms with van der Waals surface area (Å²) in [6.07, 6.45) is -3.41. The van der Waals surface area contributed by atoms with E-state index in [0.29, 0.717) is 12.2 Å². The summed E-state index contributed by atoms with van der Waals surface area (Å²) in [7, 11) is 0. The van der Waals surface area contributed by atoms with Gasteiger partial charge >= 0.3 is 6.36 Å². The van der Waals surface area contributed by atoms with Crippen LogP contribution in [0.15, 0.2) is 40.8 Å². The van der Waals surface area contributed by atoms with Crippen molar-refractivity contribution in [2.24, 2.45) is 5.73 Å². The molecule has 0 aliphatic rings. The first kappa shape index (κ1) is 15.4. The lowest BCUT2D eigenvalue weighted by Crippen LogP contribution is -2.17. The van der Waals surface area contributed by atoms with Crippen LogP contribution in [0.4, 0.5) is 13.2 Å². The average molecular weight is 299 g/mol. The lowest BCUT2D eigenvalue weighted by molar-refractivity contribution is -0.274. The van der Waals surface area contributed by atoms with E-state index in [9.17, 15) is 13.2 Å². The van der Waals surface area contributed by atoms with Gasteiger partial charge in [0.15, 0.2) is 0 Å². The Balaban J connectivity index is 1.99. The monoisotopic (exact) mass is 299 g/mol. The molecule has 1 atom stereocenters. The van der Waals surface area contributed by atoms with E-state index in [1.807, 2.05) is 19.1 Å². The average Bonchev–Trinajstić information content (AvgIpc) is 2.88. The number of ether oxygens (including phenoxy) is 1. The maximum absolute atomic E-state index is 12.1. The summed E-state index contributed by atoms with van der Waals surface area (Å²) < 4.78 is 45.5. The van der Waals surface area contributed by atoms with Crippen LogP contribution in [0.5, 0.6) is 5.75 Å². The number of hydrogen-bond acceptors (Lipinski definition) is 3. The van der Waals surface area contributed by atoms with Crippen molar-refractivity contribution in [1.82, 2.24) is 0 Å². The molecule has 0 saturated heterocycles. The highest BCUT2D eigenvalue weighted by Gasteiger charge is 2.30. The summed E-state index contributed by atoms with van der Waals surface area (Å²) in [5.74, 6) is 1.28. The van der Waals surface area contributed by atoms with Crippen molar-refractivity contribution in [1.29, 1.82) is 0 Å². The van der Waals surface area contributed by atoms with Crippen LogP contribution in [0.3, 0.4) is 0 Å². The number of benzene rings is 1. The number of aryl methyl sites for hydroxylation is 1. The topological polar surface area (TPSA) is 48.4 Å². The van der Waals surface area contributed by atoms with Gasteiger partial charge in [-0.05, 0) is 36.2 Å². The SMILES string of the molecule is CCc1ccc(C(N)Cc2ccc(OC(F)(F)F)cc2)o1. The van der Waals surface area contributed by atoms with Gasteiger partial charge in [-0.15, -0.1) is 13.2 Å². The summed E-state index contributed by atoms with van der Waals surface area (Å²) in [4.78, 5) is 0. The van der Waals surface area contributed by atoms with Gasteiger partial charge in [-0.3, -0.25) is 0 Å². The summed E-state index contributed by atoms with van der Waals surface area (Å²) in [6, 6.07) is 9.03. The molecule has 0 aliphatic carbocycles. The Kier molecular flexibility index (Phi) is 4.57. The normalized spacial score (nSPS) is 13.2. The lowest BCUT2D eigenvalue weighted by Gasteiger charge is -2.11. The number of furan rings is 1. The molecule has 0 radical (unpaired) electrons. The van der Waals surface area contributed by atoms with Gasteiger partial charge in [0.2, 0.25) is 0 Å². The van der Waals surface area contributed by atoms with Crippen LogP contribution in [0, 0.1) is 0 Å². The molecular formula is C15H16F3NO2. The largest absolute Gasteiger partial charge is 0.573 e. The highest BCUT2D eigenvalue weighted by atomic mass is 19.4. The van der Waals surface area contributed by atoms with E-state index in [1.54, 1.807) is 12.1 Å². The van der Waals surface area contributed by atoms with E-state index >= 15 is 0 Å². The first-order chi connectivity index (χ1) is 9.87. The van der Waals surface area contributed by atoms with Crippen LogP contribution in [0.25, 0.3) is 0 Å². The van der Waals surface area contributed by atoms with Gasteiger partial charge in [0.05, 0.1) is 6.04 Å². The molecule has 1 heterocycles. The zero-order valence-corrected chi connectivity index (χ0v) is 11.5. The highest BCUT2D eigenvalue weighted by Crippen LogP contribution is 2.24. The van der Waals surface area contributed by atoms with Crippen molar-refractivity contribution in [3.05, 3.63) is 53.5 Å². The number of halogens is 3. The Bertz CT molecular complexity index is 575. The molecule has 0 fully saturated rings. The van der Waals surface area contributed by atoms with Crippen molar-refractivity contribution in [3.63, 3.8) is 0 Å². The summed E-state index contributed by atoms with van der Waals surface area (Å²) >= 11 is 0. The highest BCUT2D eigenvalue weighted by molar-refractivity contribution is 5.28. The Hall–Kier alpha value is -1.95. The molecule has 2 aromatic rings. The first-order valence-electron chi connectivity index (χ1n) is 6.56. The fourth-order valence-electron chi connectivity index (χ4n) is 1.97. The van der Waals surface area contributed by atoms with E-state index in [2.05, 4.69) is 4.74 Å². The van der Waals surface area contributed by atoms with E-state index in [0.717, 1.165) is 17.7 Å². The van der Waals surface area contributed by atoms with Crippen LogP contribution in [-0.4, -0.2) is 6.36 Å². The molecule has 0 aliphatic heterocycles. The van der Waals surface area contributed by atoms with Crippen LogP contribution < -0.4 is 10.5 Å². The molecule has 1 aromatic carbocycles. The maximum Gasteiger partial charge on any atom is 0.573 e. The van der Waals surface area contributed by atoms with Crippen molar-refractivity contribution in [3.8, 4) is 5.75 Å². The lowest BCUT2D eigenvalue weighted by atomic mass is 10.0. The second-order valence-corrected chi connectivity index (χ2v) is 4.66. The minimum Gasteiger partial charge on any atom is -0.464 e. The molecule has 21 heavy (non-hydrogen) atoms. The number of alkyl halides is 3. The Labute approximate surface area is 120 Å². The smallest absolute Gasteiger partial charge is 0.464 e. The molecule has 2 N–H and O–H groups in total. The van der Waals surface area contributed by atoms with Gasteiger partial charge in [-0.1, -0.05) is 19.1 Å². The molecule has 1 aromatic heterocycles. The number of hydrogen-bond donors (Lipinski definition) is 1. The molecule has 0 amide bonds. The second-order valence-electron chi connectivity index (χ2n) is 4.66. The van der Waals surface area contributed by atoms with Crippen LogP contribution >= 0.6 is 0 Å². The first-order valence-corrected chi connectivity index (χ1v) is 6.56. The van der Waals surface area contributed by atoms with Crippen LogP contribution in [0.1, 0.15) is 30.0 Å². The number of rotatable bonds is 5. The predicted molar refractivity (Wildman–Crippen MR) is 71.8 cm³/mol. The molecule has 3 nitrogen and oxygen atoms in total. The third-order valence-corrected chi connectivity index (χ3v) is 3.01. The quantitative estimate of drug-likeness (QED) is 0.908. The maximum atomic E-state index is 12.1. The van der Waals surface area contributed by atoms with Gasteiger partial charge in [-0.2, -0.15) is 0 Å². The van der Waals surface area contributed by atoms with Gasteiger partial charge in [0, 0.05) is 6.42 Å². The molecule has 6 heteroatoms. The van der Waals surface area contributed by atoms with Crippen molar-refractivity contribution >= 4 is 0 Å². The van der Waals surface area contributed by atoms with Gasteiger partial charge in [-0.25, -0.2) is 0 Å². The van der Waals surface area contributed by atoms with Crippen LogP contribution in [-0.2, 0) is 12.8 Å². The Morgan fingerprint density at radius 1 is 1.14 bits per heavy atom. The van der Waals surface area contributed by atoms with Crippen LogP contribution in [0.2, 0.25) is 0 Å². The summed E-state index contributed by atoms with van der Waals surface area (Å²) in [5.41, 5.74) is 6.84. The van der Waals surface area contributed by atoms with Crippen molar-refractivity contribution in [2.45, 2.75) is 32.2 Å². The minimum absolute atomic E-state index is 0.244. The molecule has 0 bridgehead atoms. The molecular weight excluding hydrogens is 283 g/mol. The van der Waals surface area contributed by atoms with Crippen molar-refractivity contribution in [2.75, 3.05) is 0 Å². The van der Waals surface area contributed by atoms with E-state index in [1.165, 1.54) is 12.1 Å². The predicted octanol–water partition coefficient (Wildman–Crippen LogP) is 3.98. The van der Waals surface area contributed by atoms with Gasteiger partial charge < -0.3 is 14.9 Å². The molecule has 1 unspecified atom stereocenters. The second kappa shape index (κ2) is 6.22. The molecule has 2 rings (SSSR count). The van der Waals surface area contributed by atoms with Gasteiger partial charge in [0.1, 0.15) is 17.3 Å². The fraction of sp³-hybridized carbons (Fsp3) is 0.333. The Morgan fingerprint density at radius 2 is 1.81 bits per heavy atom. The number of nitrogens with two attached hydrogens (primary N) is 1. The minimum atomic E-state index is -4.68. The van der Waals surface area contributed by atoms with Crippen molar-refractivity contribution < 1.29 is 22.3 Å². The zero-order chi connectivity index (χ0) is 15.5. The Morgan fingerprint density at radius 3 is 2.33 bits per heavy atom. The zero-order valence-electron chi connectivity index (χ0n) is 11.5. The molecule has 0 saturated carbocycles. The summed E-state index contributed by atoms with van der Waals surface area (Å²) in [5, 5.41) is 0. The van der Waals surface area contributed by atoms with E-state index < -0.39 is 6.36 Å². The van der Waals surface area contributed by atoms with Gasteiger partial charge in [0.25, 0.3) is 0 Å². The van der Waals surface area contributed by atoms with E-state index in [-0.39, 0.29) is 11.8 Å². The van der Waals surface area contributed by atoms with E-state index in [4.69, 9.17) is 10.2 Å².